The number of rotatable bonds is 6. The van der Waals surface area contributed by atoms with Crippen LogP contribution in [-0.4, -0.2) is 28.3 Å². The standard InChI is InChI=1S/C22H25Cl2FN2O2/c1-14(21(29)26-22(2,3)4)27(13-16-9-10-17(23)12-18(16)24)20(28)11-15-7-5-6-8-19(15)25/h5-10,12,14H,11,13H2,1-4H3,(H,26,29)/t14-/m1/s1. The molecule has 2 aromatic carbocycles. The molecule has 29 heavy (non-hydrogen) atoms. The third-order valence-electron chi connectivity index (χ3n) is 4.32. The first kappa shape index (κ1) is 23.2. The molecule has 156 valence electrons. The molecule has 1 atom stereocenters. The number of hydrogen-bond acceptors (Lipinski definition) is 2. The third-order valence-corrected chi connectivity index (χ3v) is 4.91. The molecule has 7 heteroatoms. The average molecular weight is 439 g/mol. The number of benzene rings is 2. The van der Waals surface area contributed by atoms with Crippen LogP contribution in [0.15, 0.2) is 42.5 Å². The molecule has 0 fully saturated rings. The number of carbonyl (C=O) groups is 2. The van der Waals surface area contributed by atoms with E-state index < -0.39 is 17.4 Å². The highest BCUT2D eigenvalue weighted by Gasteiger charge is 2.29. The maximum absolute atomic E-state index is 14.0. The van der Waals surface area contributed by atoms with Gasteiger partial charge in [0.25, 0.3) is 0 Å². The predicted molar refractivity (Wildman–Crippen MR) is 114 cm³/mol. The Hall–Kier alpha value is -2.11. The van der Waals surface area contributed by atoms with Gasteiger partial charge in [0, 0.05) is 22.1 Å². The molecule has 2 rings (SSSR count). The van der Waals surface area contributed by atoms with Gasteiger partial charge in [-0.05, 0) is 57.0 Å². The van der Waals surface area contributed by atoms with Crippen molar-refractivity contribution >= 4 is 35.0 Å². The fourth-order valence-electron chi connectivity index (χ4n) is 2.80. The van der Waals surface area contributed by atoms with Crippen LogP contribution < -0.4 is 5.32 Å². The first-order chi connectivity index (χ1) is 13.5. The summed E-state index contributed by atoms with van der Waals surface area (Å²) in [6.45, 7) is 7.32. The van der Waals surface area contributed by atoms with Crippen LogP contribution in [0.3, 0.4) is 0 Å². The predicted octanol–water partition coefficient (Wildman–Crippen LogP) is 5.01. The summed E-state index contributed by atoms with van der Waals surface area (Å²) in [5.41, 5.74) is 0.463. The zero-order valence-electron chi connectivity index (χ0n) is 16.9. The summed E-state index contributed by atoms with van der Waals surface area (Å²) < 4.78 is 14.0. The Bertz CT molecular complexity index is 897. The van der Waals surface area contributed by atoms with Crippen molar-refractivity contribution in [3.8, 4) is 0 Å². The second-order valence-corrected chi connectivity index (χ2v) is 8.78. The Balaban J connectivity index is 2.32. The van der Waals surface area contributed by atoms with Gasteiger partial charge in [-0.1, -0.05) is 47.5 Å². The highest BCUT2D eigenvalue weighted by molar-refractivity contribution is 6.35. The van der Waals surface area contributed by atoms with Gasteiger partial charge < -0.3 is 10.2 Å². The smallest absolute Gasteiger partial charge is 0.242 e. The molecule has 0 radical (unpaired) electrons. The van der Waals surface area contributed by atoms with Crippen molar-refractivity contribution in [1.82, 2.24) is 10.2 Å². The van der Waals surface area contributed by atoms with Crippen LogP contribution in [0.2, 0.25) is 10.0 Å². The van der Waals surface area contributed by atoms with Crippen molar-refractivity contribution in [1.29, 1.82) is 0 Å². The SMILES string of the molecule is C[C@H](C(=O)NC(C)(C)C)N(Cc1ccc(Cl)cc1Cl)C(=O)Cc1ccccc1F. The van der Waals surface area contributed by atoms with Gasteiger partial charge >= 0.3 is 0 Å². The van der Waals surface area contributed by atoms with E-state index in [0.717, 1.165) is 0 Å². The van der Waals surface area contributed by atoms with Crippen LogP contribution >= 0.6 is 23.2 Å². The Morgan fingerprint density at radius 3 is 2.34 bits per heavy atom. The molecule has 2 aromatic rings. The molecule has 1 N–H and O–H groups in total. The minimum absolute atomic E-state index is 0.0992. The van der Waals surface area contributed by atoms with Crippen LogP contribution in [0.4, 0.5) is 4.39 Å². The normalized spacial score (nSPS) is 12.4. The van der Waals surface area contributed by atoms with Crippen molar-refractivity contribution in [2.45, 2.75) is 52.2 Å². The van der Waals surface area contributed by atoms with Gasteiger partial charge in [-0.25, -0.2) is 4.39 Å². The van der Waals surface area contributed by atoms with Crippen LogP contribution in [-0.2, 0) is 22.6 Å². The summed E-state index contributed by atoms with van der Waals surface area (Å²) in [7, 11) is 0. The minimum atomic E-state index is -0.778. The summed E-state index contributed by atoms with van der Waals surface area (Å²) >= 11 is 12.2. The van der Waals surface area contributed by atoms with E-state index in [1.54, 1.807) is 43.3 Å². The van der Waals surface area contributed by atoms with E-state index in [4.69, 9.17) is 23.2 Å². The zero-order valence-corrected chi connectivity index (χ0v) is 18.4. The van der Waals surface area contributed by atoms with Gasteiger partial charge in [-0.2, -0.15) is 0 Å². The largest absolute Gasteiger partial charge is 0.350 e. The molecule has 0 heterocycles. The van der Waals surface area contributed by atoms with E-state index in [9.17, 15) is 14.0 Å². The molecule has 2 amide bonds. The van der Waals surface area contributed by atoms with E-state index in [-0.39, 0.29) is 30.3 Å². The Morgan fingerprint density at radius 1 is 1.10 bits per heavy atom. The molecule has 0 aliphatic heterocycles. The van der Waals surface area contributed by atoms with Gasteiger partial charge in [0.05, 0.1) is 6.42 Å². The van der Waals surface area contributed by atoms with Gasteiger partial charge in [-0.3, -0.25) is 9.59 Å². The Morgan fingerprint density at radius 2 is 1.76 bits per heavy atom. The summed E-state index contributed by atoms with van der Waals surface area (Å²) in [4.78, 5) is 27.2. The average Bonchev–Trinajstić information content (AvgIpc) is 2.61. The first-order valence-electron chi connectivity index (χ1n) is 9.27. The van der Waals surface area contributed by atoms with E-state index in [1.807, 2.05) is 20.8 Å². The Labute approximate surface area is 181 Å². The lowest BCUT2D eigenvalue weighted by atomic mass is 10.1. The summed E-state index contributed by atoms with van der Waals surface area (Å²) in [6.07, 6.45) is -0.162. The lowest BCUT2D eigenvalue weighted by Gasteiger charge is -2.31. The van der Waals surface area contributed by atoms with Crippen molar-refractivity contribution < 1.29 is 14.0 Å². The van der Waals surface area contributed by atoms with Gasteiger partial charge in [0.15, 0.2) is 0 Å². The maximum Gasteiger partial charge on any atom is 0.242 e. The molecule has 0 unspecified atom stereocenters. The molecule has 0 spiro atoms. The summed E-state index contributed by atoms with van der Waals surface area (Å²) in [5.74, 6) is -1.14. The molecule has 0 saturated heterocycles. The van der Waals surface area contributed by atoms with Crippen LogP contribution in [0.1, 0.15) is 38.8 Å². The van der Waals surface area contributed by atoms with E-state index in [2.05, 4.69) is 5.32 Å². The van der Waals surface area contributed by atoms with E-state index in [1.165, 1.54) is 11.0 Å². The maximum atomic E-state index is 14.0. The van der Waals surface area contributed by atoms with Gasteiger partial charge in [-0.15, -0.1) is 0 Å². The molecule has 0 bridgehead atoms. The molecule has 0 aliphatic carbocycles. The lowest BCUT2D eigenvalue weighted by molar-refractivity contribution is -0.140. The number of halogens is 3. The fourth-order valence-corrected chi connectivity index (χ4v) is 3.26. The number of amides is 2. The minimum Gasteiger partial charge on any atom is -0.350 e. The quantitative estimate of drug-likeness (QED) is 0.688. The van der Waals surface area contributed by atoms with Crippen molar-refractivity contribution in [3.05, 3.63) is 69.5 Å². The van der Waals surface area contributed by atoms with E-state index in [0.29, 0.717) is 15.6 Å². The highest BCUT2D eigenvalue weighted by Crippen LogP contribution is 2.24. The molecular formula is C22H25Cl2FN2O2. The molecular weight excluding hydrogens is 414 g/mol. The number of nitrogens with one attached hydrogen (secondary N) is 1. The Kier molecular flexibility index (Phi) is 7.66. The van der Waals surface area contributed by atoms with Gasteiger partial charge in [0.2, 0.25) is 11.8 Å². The van der Waals surface area contributed by atoms with E-state index >= 15 is 0 Å². The molecule has 0 saturated carbocycles. The van der Waals surface area contributed by atoms with Crippen molar-refractivity contribution in [3.63, 3.8) is 0 Å². The fraction of sp³-hybridized carbons (Fsp3) is 0.364. The topological polar surface area (TPSA) is 49.4 Å². The van der Waals surface area contributed by atoms with Gasteiger partial charge in [0.1, 0.15) is 11.9 Å². The summed E-state index contributed by atoms with van der Waals surface area (Å²) in [5, 5.41) is 3.74. The summed E-state index contributed by atoms with van der Waals surface area (Å²) in [6, 6.07) is 10.3. The number of hydrogen-bond donors (Lipinski definition) is 1. The zero-order chi connectivity index (χ0) is 21.8. The van der Waals surface area contributed by atoms with Crippen molar-refractivity contribution in [2.24, 2.45) is 0 Å². The second-order valence-electron chi connectivity index (χ2n) is 7.94. The van der Waals surface area contributed by atoms with Crippen LogP contribution in [0.25, 0.3) is 0 Å². The molecule has 0 aromatic heterocycles. The third kappa shape index (κ3) is 6.72. The molecule has 0 aliphatic rings. The first-order valence-corrected chi connectivity index (χ1v) is 10.0. The second kappa shape index (κ2) is 9.59. The number of carbonyl (C=O) groups excluding carboxylic acids is 2. The number of nitrogens with zero attached hydrogens (tertiary/aromatic N) is 1. The van der Waals surface area contributed by atoms with Crippen molar-refractivity contribution in [2.75, 3.05) is 0 Å². The molecule has 4 nitrogen and oxygen atoms in total. The monoisotopic (exact) mass is 438 g/mol. The van der Waals surface area contributed by atoms with Crippen LogP contribution in [0, 0.1) is 5.82 Å². The lowest BCUT2D eigenvalue weighted by Crippen LogP contribution is -2.52. The van der Waals surface area contributed by atoms with Crippen LogP contribution in [0.5, 0.6) is 0 Å². The highest BCUT2D eigenvalue weighted by atomic mass is 35.5.